The van der Waals surface area contributed by atoms with Crippen molar-refractivity contribution in [2.24, 2.45) is 0 Å². The van der Waals surface area contributed by atoms with Crippen molar-refractivity contribution in [3.8, 4) is 0 Å². The van der Waals surface area contributed by atoms with Gasteiger partial charge < -0.3 is 10.1 Å². The van der Waals surface area contributed by atoms with Crippen molar-refractivity contribution in [1.29, 1.82) is 0 Å². The predicted molar refractivity (Wildman–Crippen MR) is 55.6 cm³/mol. The molecule has 0 spiro atoms. The number of cyclic esters (lactones) is 1. The molecule has 1 fully saturated rings. The van der Waals surface area contributed by atoms with Gasteiger partial charge in [0.05, 0.1) is 6.04 Å². The van der Waals surface area contributed by atoms with E-state index in [-0.39, 0.29) is 30.9 Å². The van der Waals surface area contributed by atoms with Crippen LogP contribution in [0.3, 0.4) is 0 Å². The van der Waals surface area contributed by atoms with E-state index in [2.05, 4.69) is 10.1 Å². The van der Waals surface area contributed by atoms with Crippen LogP contribution in [-0.4, -0.2) is 12.7 Å². The number of hydrogen-bond acceptors (Lipinski definition) is 2. The topological polar surface area (TPSA) is 38.3 Å². The lowest BCUT2D eigenvalue weighted by Gasteiger charge is -2.08. The molecule has 1 aliphatic heterocycles. The number of rotatable bonds is 1. The van der Waals surface area contributed by atoms with Gasteiger partial charge in [-0.3, -0.25) is 0 Å². The quantitative estimate of drug-likeness (QED) is 0.806. The summed E-state index contributed by atoms with van der Waals surface area (Å²) in [5, 5.41) is 2.53. The van der Waals surface area contributed by atoms with Crippen LogP contribution in [0.15, 0.2) is 18.2 Å². The van der Waals surface area contributed by atoms with Crippen molar-refractivity contribution in [2.75, 3.05) is 6.61 Å². The summed E-state index contributed by atoms with van der Waals surface area (Å²) in [7, 11) is 0. The van der Waals surface area contributed by atoms with Crippen LogP contribution in [-0.2, 0) is 4.74 Å². The average Bonchev–Trinajstić information content (AvgIpc) is 2.51. The molecule has 0 radical (unpaired) electrons. The van der Waals surface area contributed by atoms with E-state index >= 15 is 0 Å². The van der Waals surface area contributed by atoms with Gasteiger partial charge >= 0.3 is 6.09 Å². The van der Waals surface area contributed by atoms with Gasteiger partial charge in [0.1, 0.15) is 12.4 Å². The monoisotopic (exact) mass is 231 g/mol. The minimum absolute atomic E-state index is 0. The van der Waals surface area contributed by atoms with Crippen molar-refractivity contribution in [3.63, 3.8) is 0 Å². The molecule has 15 heavy (non-hydrogen) atoms. The maximum Gasteiger partial charge on any atom is 0.407 e. The van der Waals surface area contributed by atoms with Crippen molar-refractivity contribution in [3.05, 3.63) is 35.1 Å². The van der Waals surface area contributed by atoms with Gasteiger partial charge in [-0.25, -0.2) is 9.18 Å². The zero-order chi connectivity index (χ0) is 10.1. The first kappa shape index (κ1) is 11.8. The van der Waals surface area contributed by atoms with Crippen LogP contribution in [0.1, 0.15) is 17.2 Å². The highest BCUT2D eigenvalue weighted by Gasteiger charge is 2.25. The maximum absolute atomic E-state index is 13.4. The molecule has 1 amide bonds. The first-order valence-electron chi connectivity index (χ1n) is 4.36. The number of carbonyl (C=O) groups excluding carboxylic acids is 1. The zero-order valence-electron chi connectivity index (χ0n) is 8.12. The summed E-state index contributed by atoms with van der Waals surface area (Å²) in [6.07, 6.45) is -0.491. The molecule has 0 aromatic heterocycles. The Hall–Kier alpha value is -1.29. The predicted octanol–water partition coefficient (Wildman–Crippen LogP) is 2.34. The Kier molecular flexibility index (Phi) is 3.52. The second-order valence-corrected chi connectivity index (χ2v) is 3.32. The van der Waals surface area contributed by atoms with Crippen LogP contribution in [0.25, 0.3) is 0 Å². The van der Waals surface area contributed by atoms with E-state index in [0.29, 0.717) is 5.56 Å². The van der Waals surface area contributed by atoms with E-state index in [1.165, 1.54) is 6.07 Å². The molecule has 82 valence electrons. The summed E-state index contributed by atoms with van der Waals surface area (Å²) >= 11 is 0. The molecule has 0 saturated carbocycles. The highest BCUT2D eigenvalue weighted by atomic mass is 35.5. The van der Waals surface area contributed by atoms with Crippen LogP contribution in [0.2, 0.25) is 0 Å². The zero-order valence-corrected chi connectivity index (χ0v) is 8.94. The van der Waals surface area contributed by atoms with E-state index < -0.39 is 6.09 Å². The lowest BCUT2D eigenvalue weighted by molar-refractivity contribution is 0.177. The number of amides is 1. The van der Waals surface area contributed by atoms with E-state index in [4.69, 9.17) is 0 Å². The first-order valence-corrected chi connectivity index (χ1v) is 4.36. The summed E-state index contributed by atoms with van der Waals surface area (Å²) in [5.41, 5.74) is 1.33. The van der Waals surface area contributed by atoms with Gasteiger partial charge in [0, 0.05) is 5.56 Å². The number of carbonyl (C=O) groups is 1. The molecule has 1 aromatic carbocycles. The molecule has 1 atom stereocenters. The van der Waals surface area contributed by atoms with Crippen LogP contribution in [0, 0.1) is 12.7 Å². The Morgan fingerprint density at radius 1 is 1.53 bits per heavy atom. The smallest absolute Gasteiger partial charge is 0.407 e. The fraction of sp³-hybridized carbons (Fsp3) is 0.300. The number of alkyl carbamates (subject to hydrolysis) is 1. The molecule has 1 heterocycles. The Bertz CT molecular complexity index is 384. The molecular weight excluding hydrogens is 221 g/mol. The lowest BCUT2D eigenvalue weighted by Crippen LogP contribution is -2.19. The molecule has 1 saturated heterocycles. The Morgan fingerprint density at radius 3 is 2.80 bits per heavy atom. The number of hydrogen-bond donors (Lipinski definition) is 1. The Balaban J connectivity index is 0.00000112. The molecule has 1 aliphatic rings. The second-order valence-electron chi connectivity index (χ2n) is 3.32. The number of aryl methyl sites for hydroxylation is 1. The molecular formula is C10H11ClFNO2. The lowest BCUT2D eigenvalue weighted by atomic mass is 10.1. The molecule has 5 heteroatoms. The van der Waals surface area contributed by atoms with Gasteiger partial charge in [-0.1, -0.05) is 12.1 Å². The summed E-state index contributed by atoms with van der Waals surface area (Å²) < 4.78 is 18.1. The van der Waals surface area contributed by atoms with E-state index in [0.717, 1.165) is 5.56 Å². The van der Waals surface area contributed by atoms with Gasteiger partial charge in [0.15, 0.2) is 0 Å². The Morgan fingerprint density at radius 2 is 2.27 bits per heavy atom. The average molecular weight is 232 g/mol. The first-order chi connectivity index (χ1) is 6.66. The van der Waals surface area contributed by atoms with Gasteiger partial charge in [0.2, 0.25) is 0 Å². The number of halogens is 2. The summed E-state index contributed by atoms with van der Waals surface area (Å²) in [4.78, 5) is 10.7. The van der Waals surface area contributed by atoms with Crippen LogP contribution >= 0.6 is 12.4 Å². The summed E-state index contributed by atoms with van der Waals surface area (Å²) in [6.45, 7) is 2.01. The largest absolute Gasteiger partial charge is 0.447 e. The van der Waals surface area contributed by atoms with Crippen molar-refractivity contribution in [2.45, 2.75) is 13.0 Å². The molecule has 3 nitrogen and oxygen atoms in total. The van der Waals surface area contributed by atoms with Crippen molar-refractivity contribution in [1.82, 2.24) is 5.32 Å². The SMILES string of the molecule is Cc1ccc([C@H]2COC(=O)N2)c(F)c1.Cl. The normalized spacial score (nSPS) is 19.1. The minimum Gasteiger partial charge on any atom is -0.447 e. The second kappa shape index (κ2) is 4.49. The van der Waals surface area contributed by atoms with Crippen molar-refractivity contribution < 1.29 is 13.9 Å². The molecule has 1 aromatic rings. The molecule has 1 N–H and O–H groups in total. The minimum atomic E-state index is -0.491. The fourth-order valence-corrected chi connectivity index (χ4v) is 1.47. The van der Waals surface area contributed by atoms with Gasteiger partial charge in [-0.05, 0) is 18.6 Å². The third kappa shape index (κ3) is 2.39. The van der Waals surface area contributed by atoms with Crippen LogP contribution in [0.5, 0.6) is 0 Å². The van der Waals surface area contributed by atoms with Gasteiger partial charge in [-0.2, -0.15) is 0 Å². The van der Waals surface area contributed by atoms with E-state index in [1.807, 2.05) is 13.0 Å². The molecule has 0 aliphatic carbocycles. The third-order valence-corrected chi connectivity index (χ3v) is 2.20. The van der Waals surface area contributed by atoms with Crippen LogP contribution in [0.4, 0.5) is 9.18 Å². The summed E-state index contributed by atoms with van der Waals surface area (Å²) in [5.74, 6) is -0.305. The van der Waals surface area contributed by atoms with Gasteiger partial charge in [-0.15, -0.1) is 12.4 Å². The fourth-order valence-electron chi connectivity index (χ4n) is 1.47. The maximum atomic E-state index is 13.4. The Labute approximate surface area is 93.0 Å². The molecule has 2 rings (SSSR count). The number of ether oxygens (including phenoxy) is 1. The van der Waals surface area contributed by atoms with E-state index in [1.54, 1.807) is 6.07 Å². The molecule has 0 unspecified atom stereocenters. The number of benzene rings is 1. The molecule has 0 bridgehead atoms. The standard InChI is InChI=1S/C10H10FNO2.ClH/c1-6-2-3-7(8(11)4-6)9-5-14-10(13)12-9;/h2-4,9H,5H2,1H3,(H,12,13);1H/t9-;/m1./s1. The van der Waals surface area contributed by atoms with Gasteiger partial charge in [0.25, 0.3) is 0 Å². The van der Waals surface area contributed by atoms with E-state index in [9.17, 15) is 9.18 Å². The number of nitrogens with one attached hydrogen (secondary N) is 1. The van der Waals surface area contributed by atoms with Crippen LogP contribution < -0.4 is 5.32 Å². The third-order valence-electron chi connectivity index (χ3n) is 2.20. The van der Waals surface area contributed by atoms with Crippen molar-refractivity contribution >= 4 is 18.5 Å². The highest BCUT2D eigenvalue weighted by molar-refractivity contribution is 5.85. The summed E-state index contributed by atoms with van der Waals surface area (Å²) in [6, 6.07) is 4.57. The highest BCUT2D eigenvalue weighted by Crippen LogP contribution is 2.21.